The highest BCUT2D eigenvalue weighted by Gasteiger charge is 1.98. The molecule has 0 aliphatic rings. The van der Waals surface area contributed by atoms with Crippen molar-refractivity contribution in [3.63, 3.8) is 0 Å². The number of rotatable bonds is 3. The van der Waals surface area contributed by atoms with Crippen molar-refractivity contribution in [1.29, 1.82) is 0 Å². The van der Waals surface area contributed by atoms with Gasteiger partial charge >= 0.3 is 0 Å². The van der Waals surface area contributed by atoms with Crippen molar-refractivity contribution in [3.8, 4) is 0 Å². The van der Waals surface area contributed by atoms with Crippen LogP contribution in [-0.2, 0) is 20.0 Å². The molecule has 14 heavy (non-hydrogen) atoms. The third-order valence-electron chi connectivity index (χ3n) is 2.36. The molecule has 0 N–H and O–H groups in total. The van der Waals surface area contributed by atoms with E-state index in [-0.39, 0.29) is 0 Å². The zero-order chi connectivity index (χ0) is 9.97. The standard InChI is InChI=1S/C11H14N3/c1-10-8-14(9-12-10)7-5-11-4-3-6-13(11)2/h3-4,6,8H,5,7H2,1-2H3. The smallest absolute Gasteiger partial charge is 0.176 e. The van der Waals surface area contributed by atoms with Gasteiger partial charge < -0.3 is 9.13 Å². The zero-order valence-corrected chi connectivity index (χ0v) is 8.57. The lowest BCUT2D eigenvalue weighted by Gasteiger charge is -2.03. The average molecular weight is 188 g/mol. The summed E-state index contributed by atoms with van der Waals surface area (Å²) in [7, 11) is 2.07. The van der Waals surface area contributed by atoms with E-state index in [0.29, 0.717) is 0 Å². The molecule has 0 fully saturated rings. The summed E-state index contributed by atoms with van der Waals surface area (Å²) >= 11 is 0. The minimum atomic E-state index is 0.943. The zero-order valence-electron chi connectivity index (χ0n) is 8.57. The predicted octanol–water partition coefficient (Wildman–Crippen LogP) is 1.57. The van der Waals surface area contributed by atoms with Gasteiger partial charge in [-0.1, -0.05) is 0 Å². The number of hydrogen-bond donors (Lipinski definition) is 0. The lowest BCUT2D eigenvalue weighted by atomic mass is 10.3. The van der Waals surface area contributed by atoms with Crippen LogP contribution in [0, 0.1) is 13.3 Å². The molecule has 73 valence electrons. The second-order valence-electron chi connectivity index (χ2n) is 3.54. The predicted molar refractivity (Wildman–Crippen MR) is 54.9 cm³/mol. The van der Waals surface area contributed by atoms with Crippen molar-refractivity contribution in [2.24, 2.45) is 7.05 Å². The third-order valence-corrected chi connectivity index (χ3v) is 2.36. The van der Waals surface area contributed by atoms with Crippen LogP contribution in [-0.4, -0.2) is 14.1 Å². The molecule has 0 unspecified atom stereocenters. The van der Waals surface area contributed by atoms with Crippen molar-refractivity contribution in [2.45, 2.75) is 19.9 Å². The summed E-state index contributed by atoms with van der Waals surface area (Å²) in [4.78, 5) is 4.07. The fraction of sp³-hybridized carbons (Fsp3) is 0.364. The molecule has 0 saturated carbocycles. The van der Waals surface area contributed by atoms with Gasteiger partial charge in [-0.25, -0.2) is 4.98 Å². The van der Waals surface area contributed by atoms with Gasteiger partial charge in [0.25, 0.3) is 0 Å². The Morgan fingerprint density at radius 2 is 2.36 bits per heavy atom. The molecule has 0 atom stereocenters. The topological polar surface area (TPSA) is 22.8 Å². The molecular formula is C11H14N3. The molecule has 2 rings (SSSR count). The van der Waals surface area contributed by atoms with E-state index in [1.807, 2.05) is 17.7 Å². The summed E-state index contributed by atoms with van der Waals surface area (Å²) in [6.07, 6.45) is 8.05. The highest BCUT2D eigenvalue weighted by Crippen LogP contribution is 2.02. The Kier molecular flexibility index (Phi) is 2.39. The highest BCUT2D eigenvalue weighted by molar-refractivity contribution is 5.06. The lowest BCUT2D eigenvalue weighted by molar-refractivity contribution is 0.660. The van der Waals surface area contributed by atoms with Crippen LogP contribution < -0.4 is 0 Å². The van der Waals surface area contributed by atoms with Crippen LogP contribution in [0.1, 0.15) is 11.4 Å². The van der Waals surface area contributed by atoms with Crippen molar-refractivity contribution in [2.75, 3.05) is 0 Å². The summed E-state index contributed by atoms with van der Waals surface area (Å²) in [6, 6.07) is 4.21. The van der Waals surface area contributed by atoms with Crippen LogP contribution in [0.4, 0.5) is 0 Å². The molecule has 2 aromatic heterocycles. The molecule has 3 heteroatoms. The van der Waals surface area contributed by atoms with Gasteiger partial charge in [-0.2, -0.15) is 0 Å². The first-order valence-electron chi connectivity index (χ1n) is 4.77. The first kappa shape index (κ1) is 9.06. The Morgan fingerprint density at radius 3 is 2.93 bits per heavy atom. The summed E-state index contributed by atoms with van der Waals surface area (Å²) in [5, 5.41) is 0. The van der Waals surface area contributed by atoms with Crippen LogP contribution in [0.3, 0.4) is 0 Å². The van der Waals surface area contributed by atoms with Crippen LogP contribution in [0.5, 0.6) is 0 Å². The Hall–Kier alpha value is -1.51. The molecule has 2 aromatic rings. The Morgan fingerprint density at radius 1 is 1.50 bits per heavy atom. The molecule has 1 radical (unpaired) electrons. The number of nitrogens with zero attached hydrogens (tertiary/aromatic N) is 3. The minimum absolute atomic E-state index is 0.943. The molecule has 3 nitrogen and oxygen atoms in total. The van der Waals surface area contributed by atoms with Crippen LogP contribution in [0.25, 0.3) is 0 Å². The maximum Gasteiger partial charge on any atom is 0.176 e. The molecular weight excluding hydrogens is 174 g/mol. The minimum Gasteiger partial charge on any atom is -0.354 e. The average Bonchev–Trinajstić information content (AvgIpc) is 2.72. The van der Waals surface area contributed by atoms with Crippen LogP contribution in [0.2, 0.25) is 0 Å². The number of imidazole rings is 1. The normalized spacial score (nSPS) is 10.7. The third kappa shape index (κ3) is 1.87. The van der Waals surface area contributed by atoms with Crippen molar-refractivity contribution < 1.29 is 0 Å². The second-order valence-corrected chi connectivity index (χ2v) is 3.54. The second kappa shape index (κ2) is 3.70. The molecule has 0 aliphatic heterocycles. The molecule has 0 aromatic carbocycles. The Labute approximate surface area is 84.0 Å². The van der Waals surface area contributed by atoms with E-state index in [1.165, 1.54) is 5.69 Å². The van der Waals surface area contributed by atoms with Gasteiger partial charge in [-0.15, -0.1) is 0 Å². The SMILES string of the molecule is Cc1cn(CCc2cccn2C)[c]n1. The molecule has 0 amide bonds. The van der Waals surface area contributed by atoms with E-state index in [0.717, 1.165) is 18.7 Å². The van der Waals surface area contributed by atoms with E-state index >= 15 is 0 Å². The number of hydrogen-bond acceptors (Lipinski definition) is 1. The molecule has 0 bridgehead atoms. The fourth-order valence-corrected chi connectivity index (χ4v) is 1.53. The van der Waals surface area contributed by atoms with Gasteiger partial charge in [0, 0.05) is 38.1 Å². The Balaban J connectivity index is 1.98. The fourth-order valence-electron chi connectivity index (χ4n) is 1.53. The Bertz CT molecular complexity index is 412. The van der Waals surface area contributed by atoms with E-state index in [1.54, 1.807) is 0 Å². The summed E-state index contributed by atoms with van der Waals surface area (Å²) < 4.78 is 4.14. The molecule has 0 spiro atoms. The maximum absolute atomic E-state index is 4.07. The van der Waals surface area contributed by atoms with Crippen LogP contribution in [0.15, 0.2) is 24.5 Å². The van der Waals surface area contributed by atoms with Crippen molar-refractivity contribution >= 4 is 0 Å². The molecule has 2 heterocycles. The van der Waals surface area contributed by atoms with Crippen molar-refractivity contribution in [1.82, 2.24) is 14.1 Å². The monoisotopic (exact) mass is 188 g/mol. The number of aromatic nitrogens is 3. The summed E-state index contributed by atoms with van der Waals surface area (Å²) in [5.41, 5.74) is 2.36. The number of aryl methyl sites for hydroxylation is 4. The summed E-state index contributed by atoms with van der Waals surface area (Å²) in [5.74, 6) is 0. The van der Waals surface area contributed by atoms with E-state index < -0.39 is 0 Å². The highest BCUT2D eigenvalue weighted by atomic mass is 15.0. The van der Waals surface area contributed by atoms with Gasteiger partial charge in [0.1, 0.15) is 0 Å². The largest absolute Gasteiger partial charge is 0.354 e. The van der Waals surface area contributed by atoms with E-state index in [2.05, 4.69) is 41.3 Å². The quantitative estimate of drug-likeness (QED) is 0.717. The molecule has 0 saturated heterocycles. The van der Waals surface area contributed by atoms with Gasteiger partial charge in [0.15, 0.2) is 6.33 Å². The first-order valence-corrected chi connectivity index (χ1v) is 4.77. The van der Waals surface area contributed by atoms with E-state index in [9.17, 15) is 0 Å². The molecule has 0 aliphatic carbocycles. The van der Waals surface area contributed by atoms with Crippen LogP contribution >= 0.6 is 0 Å². The van der Waals surface area contributed by atoms with Gasteiger partial charge in [0.05, 0.1) is 5.69 Å². The van der Waals surface area contributed by atoms with Gasteiger partial charge in [-0.3, -0.25) is 0 Å². The first-order chi connectivity index (χ1) is 6.75. The summed E-state index contributed by atoms with van der Waals surface area (Å²) in [6.45, 7) is 2.92. The van der Waals surface area contributed by atoms with Crippen molar-refractivity contribution in [3.05, 3.63) is 42.2 Å². The lowest BCUT2D eigenvalue weighted by Crippen LogP contribution is -2.02. The van der Waals surface area contributed by atoms with E-state index in [4.69, 9.17) is 0 Å². The maximum atomic E-state index is 4.07. The van der Waals surface area contributed by atoms with Gasteiger partial charge in [0.2, 0.25) is 0 Å². The van der Waals surface area contributed by atoms with Gasteiger partial charge in [-0.05, 0) is 19.1 Å².